The van der Waals surface area contributed by atoms with E-state index >= 15 is 0 Å². The van der Waals surface area contributed by atoms with Crippen molar-refractivity contribution in [3.8, 4) is 11.5 Å². The van der Waals surface area contributed by atoms with Crippen molar-refractivity contribution in [2.24, 2.45) is 11.8 Å². The third-order valence-corrected chi connectivity index (χ3v) is 5.88. The van der Waals surface area contributed by atoms with E-state index in [9.17, 15) is 14.4 Å². The monoisotopic (exact) mass is 408 g/mol. The molecule has 0 aromatic heterocycles. The molecule has 1 N–H and O–H groups in total. The standard InChI is InChI=1S/C23H24N2O5/c1-29-16-11-12-20(30-2)19(13-16)24-21(26)14-7-9-15(10-8-14)25-22(27)17-5-3-4-6-18(17)23(25)28/h7-13,17-18H,3-6H2,1-2H3,(H,24,26)/t17-,18+. The summed E-state index contributed by atoms with van der Waals surface area (Å²) in [4.78, 5) is 39.5. The molecule has 0 bridgehead atoms. The minimum Gasteiger partial charge on any atom is -0.497 e. The fourth-order valence-electron chi connectivity index (χ4n) is 4.28. The lowest BCUT2D eigenvalue weighted by molar-refractivity contribution is -0.122. The molecule has 30 heavy (non-hydrogen) atoms. The molecule has 1 heterocycles. The number of hydrogen-bond acceptors (Lipinski definition) is 5. The van der Waals surface area contributed by atoms with Gasteiger partial charge in [0.05, 0.1) is 37.4 Å². The number of carbonyl (C=O) groups is 3. The molecular formula is C23H24N2O5. The lowest BCUT2D eigenvalue weighted by atomic mass is 9.81. The van der Waals surface area contributed by atoms with Crippen LogP contribution in [-0.4, -0.2) is 31.9 Å². The van der Waals surface area contributed by atoms with Gasteiger partial charge in [0, 0.05) is 11.6 Å². The van der Waals surface area contributed by atoms with Gasteiger partial charge in [0.2, 0.25) is 11.8 Å². The van der Waals surface area contributed by atoms with Crippen LogP contribution in [0.25, 0.3) is 0 Å². The van der Waals surface area contributed by atoms with Crippen LogP contribution in [0.2, 0.25) is 0 Å². The molecule has 2 aromatic carbocycles. The van der Waals surface area contributed by atoms with Crippen LogP contribution in [0.1, 0.15) is 36.0 Å². The van der Waals surface area contributed by atoms with Crippen LogP contribution in [0.3, 0.4) is 0 Å². The molecule has 7 nitrogen and oxygen atoms in total. The van der Waals surface area contributed by atoms with E-state index in [-0.39, 0.29) is 29.6 Å². The minimum atomic E-state index is -0.333. The number of fused-ring (bicyclic) bond motifs is 1. The molecule has 1 aliphatic carbocycles. The number of hydrogen-bond donors (Lipinski definition) is 1. The van der Waals surface area contributed by atoms with E-state index in [4.69, 9.17) is 9.47 Å². The number of carbonyl (C=O) groups excluding carboxylic acids is 3. The van der Waals surface area contributed by atoms with Gasteiger partial charge in [-0.3, -0.25) is 19.3 Å². The molecular weight excluding hydrogens is 384 g/mol. The Bertz CT molecular complexity index is 962. The number of nitrogens with zero attached hydrogens (tertiary/aromatic N) is 1. The highest BCUT2D eigenvalue weighted by atomic mass is 16.5. The average Bonchev–Trinajstić information content (AvgIpc) is 3.04. The smallest absolute Gasteiger partial charge is 0.255 e. The quantitative estimate of drug-likeness (QED) is 0.764. The highest BCUT2D eigenvalue weighted by Crippen LogP contribution is 2.40. The van der Waals surface area contributed by atoms with Crippen LogP contribution in [0.5, 0.6) is 11.5 Å². The highest BCUT2D eigenvalue weighted by molar-refractivity contribution is 6.22. The van der Waals surface area contributed by atoms with Crippen LogP contribution in [-0.2, 0) is 9.59 Å². The first kappa shape index (κ1) is 19.9. The first-order valence-corrected chi connectivity index (χ1v) is 10.0. The summed E-state index contributed by atoms with van der Waals surface area (Å²) >= 11 is 0. The van der Waals surface area contributed by atoms with Gasteiger partial charge in [-0.1, -0.05) is 12.8 Å². The summed E-state index contributed by atoms with van der Waals surface area (Å²) in [6, 6.07) is 11.6. The summed E-state index contributed by atoms with van der Waals surface area (Å²) in [5, 5.41) is 2.81. The van der Waals surface area contributed by atoms with Gasteiger partial charge in [0.15, 0.2) is 0 Å². The molecule has 7 heteroatoms. The maximum Gasteiger partial charge on any atom is 0.255 e. The number of methoxy groups -OCH3 is 2. The second-order valence-electron chi connectivity index (χ2n) is 7.58. The van der Waals surface area contributed by atoms with Crippen molar-refractivity contribution < 1.29 is 23.9 Å². The van der Waals surface area contributed by atoms with Gasteiger partial charge in [0.25, 0.3) is 5.91 Å². The van der Waals surface area contributed by atoms with Gasteiger partial charge in [-0.15, -0.1) is 0 Å². The number of amides is 3. The maximum absolute atomic E-state index is 12.7. The maximum atomic E-state index is 12.7. The molecule has 2 aliphatic rings. The molecule has 3 amide bonds. The topological polar surface area (TPSA) is 84.9 Å². The summed E-state index contributed by atoms with van der Waals surface area (Å²) in [7, 11) is 3.07. The van der Waals surface area contributed by atoms with Gasteiger partial charge < -0.3 is 14.8 Å². The van der Waals surface area contributed by atoms with E-state index in [0.29, 0.717) is 28.4 Å². The molecule has 0 unspecified atom stereocenters. The zero-order valence-electron chi connectivity index (χ0n) is 17.0. The van der Waals surface area contributed by atoms with Crippen LogP contribution in [0.15, 0.2) is 42.5 Å². The molecule has 156 valence electrons. The van der Waals surface area contributed by atoms with Crippen LogP contribution < -0.4 is 19.7 Å². The molecule has 1 aliphatic heterocycles. The van der Waals surface area contributed by atoms with Gasteiger partial charge >= 0.3 is 0 Å². The number of anilines is 2. The summed E-state index contributed by atoms with van der Waals surface area (Å²) < 4.78 is 10.5. The van der Waals surface area contributed by atoms with Crippen molar-refractivity contribution in [1.29, 1.82) is 0 Å². The van der Waals surface area contributed by atoms with Crippen LogP contribution >= 0.6 is 0 Å². The van der Waals surface area contributed by atoms with Crippen molar-refractivity contribution in [3.05, 3.63) is 48.0 Å². The van der Waals surface area contributed by atoms with Crippen molar-refractivity contribution in [2.75, 3.05) is 24.4 Å². The minimum absolute atomic E-state index is 0.122. The zero-order chi connectivity index (χ0) is 21.3. The Morgan fingerprint density at radius 2 is 1.57 bits per heavy atom. The number of nitrogens with one attached hydrogen (secondary N) is 1. The van der Waals surface area contributed by atoms with Gasteiger partial charge in [0.1, 0.15) is 11.5 Å². The van der Waals surface area contributed by atoms with E-state index in [0.717, 1.165) is 25.7 Å². The first-order chi connectivity index (χ1) is 14.5. The molecule has 1 saturated carbocycles. The van der Waals surface area contributed by atoms with Crippen molar-refractivity contribution in [1.82, 2.24) is 0 Å². The average molecular weight is 408 g/mol. The third kappa shape index (κ3) is 3.51. The molecule has 2 fully saturated rings. The Hall–Kier alpha value is -3.35. The Balaban J connectivity index is 1.52. The summed E-state index contributed by atoms with van der Waals surface area (Å²) in [5.41, 5.74) is 1.40. The summed E-state index contributed by atoms with van der Waals surface area (Å²) in [5.74, 6) is 0.127. The molecule has 1 saturated heterocycles. The number of imide groups is 1. The lowest BCUT2D eigenvalue weighted by Gasteiger charge is -2.19. The predicted molar refractivity (Wildman–Crippen MR) is 112 cm³/mol. The van der Waals surface area contributed by atoms with Crippen molar-refractivity contribution >= 4 is 29.1 Å². The molecule has 2 aromatic rings. The highest BCUT2D eigenvalue weighted by Gasteiger charge is 2.48. The van der Waals surface area contributed by atoms with E-state index in [1.54, 1.807) is 49.6 Å². The van der Waals surface area contributed by atoms with Gasteiger partial charge in [-0.25, -0.2) is 0 Å². The summed E-state index contributed by atoms with van der Waals surface area (Å²) in [6.45, 7) is 0. The van der Waals surface area contributed by atoms with Crippen LogP contribution in [0, 0.1) is 11.8 Å². The van der Waals surface area contributed by atoms with Gasteiger partial charge in [-0.2, -0.15) is 0 Å². The lowest BCUT2D eigenvalue weighted by Crippen LogP contribution is -2.30. The van der Waals surface area contributed by atoms with E-state index in [2.05, 4.69) is 5.32 Å². The van der Waals surface area contributed by atoms with Gasteiger partial charge in [-0.05, 0) is 49.2 Å². The van der Waals surface area contributed by atoms with Crippen molar-refractivity contribution in [2.45, 2.75) is 25.7 Å². The largest absolute Gasteiger partial charge is 0.497 e. The third-order valence-electron chi connectivity index (χ3n) is 5.88. The normalized spacial score (nSPS) is 20.7. The predicted octanol–water partition coefficient (Wildman–Crippen LogP) is 3.64. The Morgan fingerprint density at radius 3 is 2.13 bits per heavy atom. The van der Waals surface area contributed by atoms with E-state index in [1.165, 1.54) is 12.0 Å². The molecule has 2 atom stereocenters. The number of ether oxygens (including phenoxy) is 2. The number of rotatable bonds is 5. The Morgan fingerprint density at radius 1 is 0.933 bits per heavy atom. The van der Waals surface area contributed by atoms with E-state index in [1.807, 2.05) is 0 Å². The molecule has 4 rings (SSSR count). The van der Waals surface area contributed by atoms with Crippen LogP contribution in [0.4, 0.5) is 11.4 Å². The fourth-order valence-corrected chi connectivity index (χ4v) is 4.28. The number of benzene rings is 2. The van der Waals surface area contributed by atoms with E-state index < -0.39 is 0 Å². The summed E-state index contributed by atoms with van der Waals surface area (Å²) in [6.07, 6.45) is 3.52. The molecule has 0 radical (unpaired) electrons. The first-order valence-electron chi connectivity index (χ1n) is 10.0. The SMILES string of the molecule is COc1ccc(OC)c(NC(=O)c2ccc(N3C(=O)[C@H]4CCCC[C@H]4C3=O)cc2)c1. The zero-order valence-corrected chi connectivity index (χ0v) is 17.0. The second-order valence-corrected chi connectivity index (χ2v) is 7.58. The van der Waals surface area contributed by atoms with Crippen molar-refractivity contribution in [3.63, 3.8) is 0 Å². The molecule has 0 spiro atoms. The second kappa shape index (κ2) is 8.18. The Labute approximate surface area is 175 Å². The Kier molecular flexibility index (Phi) is 5.44. The fraction of sp³-hybridized carbons (Fsp3) is 0.348.